The molecule has 1 heterocycles. The van der Waals surface area contributed by atoms with Crippen LogP contribution in [0.3, 0.4) is 0 Å². The number of hydrogen-bond acceptors (Lipinski definition) is 7. The summed E-state index contributed by atoms with van der Waals surface area (Å²) in [5.74, 6) is 0.163. The van der Waals surface area contributed by atoms with Crippen LogP contribution < -0.4 is 19.7 Å². The number of amides is 2. The second kappa shape index (κ2) is 11.4. The van der Waals surface area contributed by atoms with Gasteiger partial charge >= 0.3 is 5.97 Å². The van der Waals surface area contributed by atoms with E-state index < -0.39 is 18.5 Å². The number of carbonyl (C=O) groups is 3. The van der Waals surface area contributed by atoms with E-state index in [9.17, 15) is 14.4 Å². The van der Waals surface area contributed by atoms with E-state index in [-0.39, 0.29) is 19.1 Å². The van der Waals surface area contributed by atoms with E-state index in [0.29, 0.717) is 28.5 Å². The van der Waals surface area contributed by atoms with Gasteiger partial charge in [0.05, 0.1) is 31.2 Å². The third-order valence-corrected chi connectivity index (χ3v) is 4.66. The highest BCUT2D eigenvalue weighted by atomic mass is 16.6. The van der Waals surface area contributed by atoms with Crippen LogP contribution in [0.15, 0.2) is 71.3 Å². The zero-order valence-corrected chi connectivity index (χ0v) is 18.3. The third kappa shape index (κ3) is 6.60. The summed E-state index contributed by atoms with van der Waals surface area (Å²) in [7, 11) is 3.05. The van der Waals surface area contributed by atoms with Crippen LogP contribution in [0.1, 0.15) is 16.1 Å². The molecule has 0 fully saturated rings. The van der Waals surface area contributed by atoms with Crippen LogP contribution in [0.2, 0.25) is 0 Å². The van der Waals surface area contributed by atoms with Crippen molar-refractivity contribution in [2.45, 2.75) is 6.54 Å². The normalized spacial score (nSPS) is 10.2. The van der Waals surface area contributed by atoms with Gasteiger partial charge in [0, 0.05) is 7.05 Å². The lowest BCUT2D eigenvalue weighted by Gasteiger charge is -2.20. The smallest absolute Gasteiger partial charge is 0.344 e. The lowest BCUT2D eigenvalue weighted by atomic mass is 10.1. The monoisotopic (exact) mass is 452 g/mol. The lowest BCUT2D eigenvalue weighted by Crippen LogP contribution is -2.34. The summed E-state index contributed by atoms with van der Waals surface area (Å²) >= 11 is 0. The minimum atomic E-state index is -0.697. The molecular formula is C24H24N2O7. The van der Waals surface area contributed by atoms with Crippen LogP contribution in [0.5, 0.6) is 11.5 Å². The largest absolute Gasteiger partial charge is 0.497 e. The number of nitrogens with zero attached hydrogens (tertiary/aromatic N) is 1. The SMILES string of the molecule is COc1ccc(OCC(=O)OCC(=O)N(C)c2ccccc2C(=O)NCc2ccco2)cc1. The highest BCUT2D eigenvalue weighted by molar-refractivity contribution is 6.05. The number of furan rings is 1. The molecule has 1 aromatic heterocycles. The Morgan fingerprint density at radius 2 is 1.67 bits per heavy atom. The van der Waals surface area contributed by atoms with Gasteiger partial charge in [-0.05, 0) is 48.5 Å². The maximum absolute atomic E-state index is 12.6. The number of methoxy groups -OCH3 is 1. The Bertz CT molecular complexity index is 1080. The molecule has 9 nitrogen and oxygen atoms in total. The molecule has 2 aromatic carbocycles. The van der Waals surface area contributed by atoms with Crippen molar-refractivity contribution in [2.75, 3.05) is 32.3 Å². The number of para-hydroxylation sites is 1. The first kappa shape index (κ1) is 23.4. The van der Waals surface area contributed by atoms with Crippen LogP contribution in [-0.4, -0.2) is 45.2 Å². The van der Waals surface area contributed by atoms with Crippen LogP contribution >= 0.6 is 0 Å². The van der Waals surface area contributed by atoms with E-state index in [4.69, 9.17) is 18.6 Å². The van der Waals surface area contributed by atoms with Gasteiger partial charge in [-0.2, -0.15) is 0 Å². The Kier molecular flexibility index (Phi) is 8.07. The number of benzene rings is 2. The molecule has 9 heteroatoms. The fourth-order valence-electron chi connectivity index (χ4n) is 2.86. The number of anilines is 1. The van der Waals surface area contributed by atoms with Gasteiger partial charge in [0.1, 0.15) is 17.3 Å². The number of hydrogen-bond donors (Lipinski definition) is 1. The molecule has 0 saturated carbocycles. The molecule has 0 bridgehead atoms. The second-order valence-corrected chi connectivity index (χ2v) is 6.86. The first-order valence-electron chi connectivity index (χ1n) is 10.1. The van der Waals surface area contributed by atoms with E-state index in [1.54, 1.807) is 67.8 Å². The Morgan fingerprint density at radius 1 is 0.939 bits per heavy atom. The standard InChI is InChI=1S/C24H24N2O7/c1-26(21-8-4-3-7-20(21)24(29)25-14-19-6-5-13-31-19)22(27)15-33-23(28)16-32-18-11-9-17(30-2)10-12-18/h3-13H,14-16H2,1-2H3,(H,25,29). The fraction of sp³-hybridized carbons (Fsp3) is 0.208. The number of carbonyl (C=O) groups excluding carboxylic acids is 3. The van der Waals surface area contributed by atoms with Crippen LogP contribution in [-0.2, 0) is 20.9 Å². The van der Waals surface area contributed by atoms with Crippen molar-refractivity contribution >= 4 is 23.5 Å². The molecule has 0 atom stereocenters. The van der Waals surface area contributed by atoms with Gasteiger partial charge in [-0.1, -0.05) is 12.1 Å². The minimum absolute atomic E-state index is 0.212. The van der Waals surface area contributed by atoms with Gasteiger partial charge in [0.15, 0.2) is 13.2 Å². The maximum atomic E-state index is 12.6. The zero-order chi connectivity index (χ0) is 23.6. The zero-order valence-electron chi connectivity index (χ0n) is 18.3. The summed E-state index contributed by atoms with van der Waals surface area (Å²) in [6, 6.07) is 16.8. The second-order valence-electron chi connectivity index (χ2n) is 6.86. The van der Waals surface area contributed by atoms with E-state index in [1.165, 1.54) is 18.2 Å². The number of ether oxygens (including phenoxy) is 3. The third-order valence-electron chi connectivity index (χ3n) is 4.66. The van der Waals surface area contributed by atoms with Gasteiger partial charge in [-0.15, -0.1) is 0 Å². The molecule has 172 valence electrons. The van der Waals surface area contributed by atoms with Gasteiger partial charge in [-0.3, -0.25) is 9.59 Å². The van der Waals surface area contributed by atoms with Gasteiger partial charge in [0.2, 0.25) is 0 Å². The van der Waals surface area contributed by atoms with Crippen molar-refractivity contribution in [3.05, 3.63) is 78.3 Å². The highest BCUT2D eigenvalue weighted by Crippen LogP contribution is 2.20. The fourth-order valence-corrected chi connectivity index (χ4v) is 2.86. The van der Waals surface area contributed by atoms with Gasteiger partial charge in [0.25, 0.3) is 11.8 Å². The number of rotatable bonds is 10. The van der Waals surface area contributed by atoms with Gasteiger partial charge in [-0.25, -0.2) is 4.79 Å². The molecule has 0 spiro atoms. The van der Waals surface area contributed by atoms with Crippen molar-refractivity contribution in [3.63, 3.8) is 0 Å². The van der Waals surface area contributed by atoms with E-state index >= 15 is 0 Å². The van der Waals surface area contributed by atoms with E-state index in [1.807, 2.05) is 0 Å². The topological polar surface area (TPSA) is 107 Å². The summed E-state index contributed by atoms with van der Waals surface area (Å²) in [6.45, 7) is -0.637. The highest BCUT2D eigenvalue weighted by Gasteiger charge is 2.20. The van der Waals surface area contributed by atoms with Crippen molar-refractivity contribution in [1.82, 2.24) is 5.32 Å². The maximum Gasteiger partial charge on any atom is 0.344 e. The lowest BCUT2D eigenvalue weighted by molar-refractivity contribution is -0.149. The Labute approximate surface area is 190 Å². The van der Waals surface area contributed by atoms with Crippen molar-refractivity contribution < 1.29 is 33.0 Å². The molecule has 0 unspecified atom stereocenters. The molecular weight excluding hydrogens is 428 g/mol. The molecule has 2 amide bonds. The van der Waals surface area contributed by atoms with Crippen molar-refractivity contribution in [2.24, 2.45) is 0 Å². The molecule has 0 radical (unpaired) electrons. The van der Waals surface area contributed by atoms with Crippen LogP contribution in [0, 0.1) is 0 Å². The predicted molar refractivity (Wildman–Crippen MR) is 119 cm³/mol. The molecule has 3 aromatic rings. The molecule has 0 aliphatic rings. The molecule has 0 aliphatic carbocycles. The quantitative estimate of drug-likeness (QED) is 0.471. The Morgan fingerprint density at radius 3 is 2.36 bits per heavy atom. The van der Waals surface area contributed by atoms with Gasteiger partial charge < -0.3 is 28.8 Å². The first-order chi connectivity index (χ1) is 16.0. The summed E-state index contributed by atoms with van der Waals surface area (Å²) in [6.07, 6.45) is 1.52. The Hall–Kier alpha value is -4.27. The average Bonchev–Trinajstić information content (AvgIpc) is 3.38. The van der Waals surface area contributed by atoms with E-state index in [2.05, 4.69) is 5.32 Å². The summed E-state index contributed by atoms with van der Waals surface area (Å²) < 4.78 is 20.6. The van der Waals surface area contributed by atoms with Crippen molar-refractivity contribution in [1.29, 1.82) is 0 Å². The van der Waals surface area contributed by atoms with E-state index in [0.717, 1.165) is 0 Å². The first-order valence-corrected chi connectivity index (χ1v) is 10.1. The summed E-state index contributed by atoms with van der Waals surface area (Å²) in [5.41, 5.74) is 0.680. The molecule has 1 N–H and O–H groups in total. The van der Waals surface area contributed by atoms with Crippen LogP contribution in [0.4, 0.5) is 5.69 Å². The summed E-state index contributed by atoms with van der Waals surface area (Å²) in [4.78, 5) is 38.4. The molecule has 0 saturated heterocycles. The predicted octanol–water partition coefficient (Wildman–Crippen LogP) is 2.80. The molecule has 3 rings (SSSR count). The molecule has 0 aliphatic heterocycles. The number of nitrogens with one attached hydrogen (secondary N) is 1. The number of likely N-dealkylation sites (N-methyl/N-ethyl adjacent to an activating group) is 1. The van der Waals surface area contributed by atoms with Crippen LogP contribution in [0.25, 0.3) is 0 Å². The molecule has 33 heavy (non-hydrogen) atoms. The number of esters is 1. The Balaban J connectivity index is 1.51. The summed E-state index contributed by atoms with van der Waals surface area (Å²) in [5, 5.41) is 2.74. The van der Waals surface area contributed by atoms with Crippen molar-refractivity contribution in [3.8, 4) is 11.5 Å². The minimum Gasteiger partial charge on any atom is -0.497 e. The average molecular weight is 452 g/mol.